The number of sulfonamides is 1. The second-order valence-corrected chi connectivity index (χ2v) is 5.93. The molecule has 1 saturated carbocycles. The van der Waals surface area contributed by atoms with Gasteiger partial charge in [-0.1, -0.05) is 11.6 Å². The van der Waals surface area contributed by atoms with Crippen molar-refractivity contribution in [2.75, 3.05) is 0 Å². The predicted octanol–water partition coefficient (Wildman–Crippen LogP) is 1.27. The number of rotatable bonds is 4. The van der Waals surface area contributed by atoms with Gasteiger partial charge in [-0.3, -0.25) is 0 Å². The normalized spacial score (nSPS) is 16.4. The quantitative estimate of drug-likeness (QED) is 0.858. The van der Waals surface area contributed by atoms with E-state index in [1.165, 1.54) is 18.2 Å². The van der Waals surface area contributed by atoms with Crippen molar-refractivity contribution in [1.29, 1.82) is 0 Å². The smallest absolute Gasteiger partial charge is 0.240 e. The third-order valence-electron chi connectivity index (χ3n) is 2.40. The lowest BCUT2D eigenvalue weighted by Gasteiger charge is -2.07. The summed E-state index contributed by atoms with van der Waals surface area (Å²) in [5, 5.41) is 9.37. The Labute approximate surface area is 99.3 Å². The van der Waals surface area contributed by atoms with Crippen LogP contribution in [-0.4, -0.2) is 19.6 Å². The summed E-state index contributed by atoms with van der Waals surface area (Å²) in [6.07, 6.45) is 1.78. The van der Waals surface area contributed by atoms with Crippen molar-refractivity contribution in [1.82, 2.24) is 4.72 Å². The molecule has 0 amide bonds. The number of aliphatic hydroxyl groups is 1. The van der Waals surface area contributed by atoms with Crippen LogP contribution in [0.5, 0.6) is 0 Å². The summed E-state index contributed by atoms with van der Waals surface area (Å²) in [6, 6.07) is 4.38. The van der Waals surface area contributed by atoms with Crippen molar-refractivity contribution in [2.45, 2.75) is 30.4 Å². The van der Waals surface area contributed by atoms with E-state index in [4.69, 9.17) is 16.7 Å². The SMILES string of the molecule is O=S(=O)(NC1CC1)c1ccc(Cl)c(CO)c1. The maximum absolute atomic E-state index is 11.8. The highest BCUT2D eigenvalue weighted by Gasteiger charge is 2.28. The average Bonchev–Trinajstić information content (AvgIpc) is 3.01. The lowest BCUT2D eigenvalue weighted by Crippen LogP contribution is -2.25. The minimum Gasteiger partial charge on any atom is -0.392 e. The van der Waals surface area contributed by atoms with E-state index in [2.05, 4.69) is 4.72 Å². The molecule has 1 fully saturated rings. The summed E-state index contributed by atoms with van der Waals surface area (Å²) < 4.78 is 26.2. The maximum Gasteiger partial charge on any atom is 0.240 e. The van der Waals surface area contributed by atoms with E-state index in [0.717, 1.165) is 12.8 Å². The Bertz CT molecular complexity index is 497. The van der Waals surface area contributed by atoms with E-state index >= 15 is 0 Å². The van der Waals surface area contributed by atoms with Gasteiger partial charge in [0.2, 0.25) is 10.0 Å². The summed E-state index contributed by atoms with van der Waals surface area (Å²) in [4.78, 5) is 0.146. The van der Waals surface area contributed by atoms with Crippen molar-refractivity contribution >= 4 is 21.6 Å². The Kier molecular flexibility index (Phi) is 3.21. The molecule has 0 radical (unpaired) electrons. The molecule has 1 aromatic carbocycles. The van der Waals surface area contributed by atoms with Crippen LogP contribution in [0.15, 0.2) is 23.1 Å². The second kappa shape index (κ2) is 4.33. The average molecular weight is 262 g/mol. The molecule has 0 bridgehead atoms. The van der Waals surface area contributed by atoms with Crippen LogP contribution in [0.25, 0.3) is 0 Å². The molecule has 1 aromatic rings. The molecule has 0 spiro atoms. The lowest BCUT2D eigenvalue weighted by molar-refractivity contribution is 0.281. The molecule has 0 heterocycles. The van der Waals surface area contributed by atoms with Crippen molar-refractivity contribution in [3.05, 3.63) is 28.8 Å². The van der Waals surface area contributed by atoms with E-state index in [9.17, 15) is 8.42 Å². The standard InChI is InChI=1S/C10H12ClNO3S/c11-10-4-3-9(5-7(10)6-13)16(14,15)12-8-1-2-8/h3-5,8,12-13H,1-2,6H2. The Hall–Kier alpha value is -0.620. The number of benzene rings is 1. The monoisotopic (exact) mass is 261 g/mol. The molecule has 4 nitrogen and oxygen atoms in total. The predicted molar refractivity (Wildman–Crippen MR) is 60.7 cm³/mol. The van der Waals surface area contributed by atoms with Crippen LogP contribution in [0, 0.1) is 0 Å². The highest BCUT2D eigenvalue weighted by atomic mass is 35.5. The fourth-order valence-corrected chi connectivity index (χ4v) is 2.86. The highest BCUT2D eigenvalue weighted by molar-refractivity contribution is 7.89. The molecule has 2 N–H and O–H groups in total. The van der Waals surface area contributed by atoms with Gasteiger partial charge >= 0.3 is 0 Å². The first kappa shape index (κ1) is 11.9. The zero-order chi connectivity index (χ0) is 11.8. The summed E-state index contributed by atoms with van der Waals surface area (Å²) in [5.41, 5.74) is 0.417. The molecule has 88 valence electrons. The molecule has 0 aliphatic heterocycles. The number of aliphatic hydroxyl groups excluding tert-OH is 1. The van der Waals surface area contributed by atoms with E-state index in [1.807, 2.05) is 0 Å². The van der Waals surface area contributed by atoms with Gasteiger partial charge in [0.15, 0.2) is 0 Å². The number of halogens is 1. The summed E-state index contributed by atoms with van der Waals surface area (Å²) in [7, 11) is -3.47. The minimum absolute atomic E-state index is 0.0678. The third-order valence-corrected chi connectivity index (χ3v) is 4.28. The molecule has 0 atom stereocenters. The zero-order valence-electron chi connectivity index (χ0n) is 8.48. The maximum atomic E-state index is 11.8. The van der Waals surface area contributed by atoms with E-state index in [-0.39, 0.29) is 17.5 Å². The van der Waals surface area contributed by atoms with Crippen LogP contribution in [0.2, 0.25) is 5.02 Å². The summed E-state index contributed by atoms with van der Waals surface area (Å²) in [6.45, 7) is -0.272. The molecule has 1 aliphatic carbocycles. The van der Waals surface area contributed by atoms with Gasteiger partial charge in [0.05, 0.1) is 11.5 Å². The largest absolute Gasteiger partial charge is 0.392 e. The molecular formula is C10H12ClNO3S. The molecule has 1 aliphatic rings. The van der Waals surface area contributed by atoms with Gasteiger partial charge in [-0.15, -0.1) is 0 Å². The van der Waals surface area contributed by atoms with Crippen LogP contribution in [-0.2, 0) is 16.6 Å². The summed E-state index contributed by atoms with van der Waals surface area (Å²) in [5.74, 6) is 0. The van der Waals surface area contributed by atoms with Gasteiger partial charge in [-0.05, 0) is 36.6 Å². The van der Waals surface area contributed by atoms with E-state index in [0.29, 0.717) is 10.6 Å². The van der Waals surface area contributed by atoms with Crippen molar-refractivity contribution in [3.63, 3.8) is 0 Å². The first-order valence-electron chi connectivity index (χ1n) is 4.94. The van der Waals surface area contributed by atoms with Crippen molar-refractivity contribution in [3.8, 4) is 0 Å². The van der Waals surface area contributed by atoms with Crippen LogP contribution in [0.3, 0.4) is 0 Å². The van der Waals surface area contributed by atoms with Gasteiger partial charge < -0.3 is 5.11 Å². The molecular weight excluding hydrogens is 250 g/mol. The molecule has 0 aromatic heterocycles. The van der Waals surface area contributed by atoms with Crippen LogP contribution >= 0.6 is 11.6 Å². The molecule has 2 rings (SSSR count). The molecule has 16 heavy (non-hydrogen) atoms. The zero-order valence-corrected chi connectivity index (χ0v) is 10.1. The number of hydrogen-bond acceptors (Lipinski definition) is 3. The van der Waals surface area contributed by atoms with Crippen LogP contribution in [0.1, 0.15) is 18.4 Å². The minimum atomic E-state index is -3.47. The van der Waals surface area contributed by atoms with Gasteiger partial charge in [0, 0.05) is 11.1 Å². The highest BCUT2D eigenvalue weighted by Crippen LogP contribution is 2.24. The molecule has 0 saturated heterocycles. The van der Waals surface area contributed by atoms with Gasteiger partial charge in [-0.25, -0.2) is 13.1 Å². The van der Waals surface area contributed by atoms with E-state index in [1.54, 1.807) is 0 Å². The van der Waals surface area contributed by atoms with Gasteiger partial charge in [0.1, 0.15) is 0 Å². The third kappa shape index (κ3) is 2.55. The van der Waals surface area contributed by atoms with Crippen LogP contribution in [0.4, 0.5) is 0 Å². The van der Waals surface area contributed by atoms with Crippen LogP contribution < -0.4 is 4.72 Å². The number of nitrogens with one attached hydrogen (secondary N) is 1. The Morgan fingerprint density at radius 3 is 2.69 bits per heavy atom. The Morgan fingerprint density at radius 1 is 1.44 bits per heavy atom. The topological polar surface area (TPSA) is 66.4 Å². The van der Waals surface area contributed by atoms with E-state index < -0.39 is 10.0 Å². The van der Waals surface area contributed by atoms with Gasteiger partial charge in [0.25, 0.3) is 0 Å². The van der Waals surface area contributed by atoms with Crippen molar-refractivity contribution in [2.24, 2.45) is 0 Å². The first-order chi connectivity index (χ1) is 7.53. The summed E-state index contributed by atoms with van der Waals surface area (Å²) >= 11 is 5.79. The fourth-order valence-electron chi connectivity index (χ4n) is 1.33. The second-order valence-electron chi connectivity index (χ2n) is 3.81. The Balaban J connectivity index is 2.31. The Morgan fingerprint density at radius 2 is 2.12 bits per heavy atom. The molecule has 6 heteroatoms. The number of hydrogen-bond donors (Lipinski definition) is 2. The molecule has 0 unspecified atom stereocenters. The van der Waals surface area contributed by atoms with Crippen molar-refractivity contribution < 1.29 is 13.5 Å². The van der Waals surface area contributed by atoms with Gasteiger partial charge in [-0.2, -0.15) is 0 Å². The first-order valence-corrected chi connectivity index (χ1v) is 6.80. The fraction of sp³-hybridized carbons (Fsp3) is 0.400. The lowest BCUT2D eigenvalue weighted by atomic mass is 10.2.